The molecular formula is C17H14N4. The number of aromatic nitrogens is 4. The van der Waals surface area contributed by atoms with Crippen LogP contribution in [0.2, 0.25) is 0 Å². The zero-order chi connectivity index (χ0) is 14.4. The van der Waals surface area contributed by atoms with Gasteiger partial charge in [0.05, 0.1) is 11.0 Å². The fourth-order valence-corrected chi connectivity index (χ4v) is 2.69. The molecule has 2 aromatic heterocycles. The summed E-state index contributed by atoms with van der Waals surface area (Å²) in [7, 11) is 0. The summed E-state index contributed by atoms with van der Waals surface area (Å²) in [5.41, 5.74) is 5.23. The van der Waals surface area contributed by atoms with Crippen LogP contribution < -0.4 is 0 Å². The molecule has 4 heteroatoms. The smallest absolute Gasteiger partial charge is 0.156 e. The number of aryl methyl sites for hydroxylation is 2. The molecule has 21 heavy (non-hydrogen) atoms. The summed E-state index contributed by atoms with van der Waals surface area (Å²) in [5.74, 6) is 0.808. The summed E-state index contributed by atoms with van der Waals surface area (Å²) in [6.45, 7) is 4.18. The molecule has 0 aliphatic heterocycles. The minimum absolute atomic E-state index is 0.808. The highest BCUT2D eigenvalue weighted by Gasteiger charge is 2.10. The number of pyridine rings is 1. The van der Waals surface area contributed by atoms with Gasteiger partial charge in [-0.3, -0.25) is 0 Å². The van der Waals surface area contributed by atoms with E-state index in [1.807, 2.05) is 24.3 Å². The SMILES string of the molecule is Cc1cc(-n2nnc3ccccc32)nc2c(C)cccc12. The van der Waals surface area contributed by atoms with E-state index in [1.54, 1.807) is 4.68 Å². The zero-order valence-corrected chi connectivity index (χ0v) is 11.9. The molecule has 4 rings (SSSR count). The van der Waals surface area contributed by atoms with Gasteiger partial charge in [-0.05, 0) is 43.2 Å². The van der Waals surface area contributed by atoms with Crippen LogP contribution in [0.1, 0.15) is 11.1 Å². The number of rotatable bonds is 1. The van der Waals surface area contributed by atoms with Gasteiger partial charge < -0.3 is 0 Å². The van der Waals surface area contributed by atoms with E-state index < -0.39 is 0 Å². The number of fused-ring (bicyclic) bond motifs is 2. The Balaban J connectivity index is 2.05. The third kappa shape index (κ3) is 1.80. The van der Waals surface area contributed by atoms with Gasteiger partial charge in [0.15, 0.2) is 5.82 Å². The van der Waals surface area contributed by atoms with Crippen molar-refractivity contribution in [2.45, 2.75) is 13.8 Å². The second kappa shape index (κ2) is 4.38. The Morgan fingerprint density at radius 2 is 1.76 bits per heavy atom. The third-order valence-corrected chi connectivity index (χ3v) is 3.80. The second-order valence-electron chi connectivity index (χ2n) is 5.26. The molecule has 0 unspecified atom stereocenters. The Kier molecular flexibility index (Phi) is 2.51. The van der Waals surface area contributed by atoms with Crippen molar-refractivity contribution < 1.29 is 0 Å². The molecule has 0 saturated carbocycles. The molecule has 4 aromatic rings. The predicted molar refractivity (Wildman–Crippen MR) is 83.6 cm³/mol. The molecule has 0 radical (unpaired) electrons. The van der Waals surface area contributed by atoms with Gasteiger partial charge in [-0.1, -0.05) is 35.5 Å². The Morgan fingerprint density at radius 3 is 2.67 bits per heavy atom. The molecule has 0 amide bonds. The van der Waals surface area contributed by atoms with Crippen LogP contribution in [0.25, 0.3) is 27.8 Å². The van der Waals surface area contributed by atoms with Crippen molar-refractivity contribution in [3.63, 3.8) is 0 Å². The quantitative estimate of drug-likeness (QED) is 0.533. The standard InChI is InChI=1S/C17H14N4/c1-11-6-5-7-13-12(2)10-16(18-17(11)13)21-15-9-4-3-8-14(15)19-20-21/h3-10H,1-2H3. The van der Waals surface area contributed by atoms with Crippen molar-refractivity contribution in [2.24, 2.45) is 0 Å². The Hall–Kier alpha value is -2.75. The van der Waals surface area contributed by atoms with Crippen molar-refractivity contribution in [2.75, 3.05) is 0 Å². The summed E-state index contributed by atoms with van der Waals surface area (Å²) < 4.78 is 1.80. The highest BCUT2D eigenvalue weighted by molar-refractivity contribution is 5.86. The van der Waals surface area contributed by atoms with E-state index >= 15 is 0 Å². The van der Waals surface area contributed by atoms with Crippen LogP contribution in [0.15, 0.2) is 48.5 Å². The molecule has 0 spiro atoms. The van der Waals surface area contributed by atoms with Gasteiger partial charge in [0.2, 0.25) is 0 Å². The van der Waals surface area contributed by atoms with Gasteiger partial charge in [-0.2, -0.15) is 4.68 Å². The predicted octanol–water partition coefficient (Wildman–Crippen LogP) is 3.59. The first kappa shape index (κ1) is 12.0. The van der Waals surface area contributed by atoms with Gasteiger partial charge in [0.25, 0.3) is 0 Å². The first-order chi connectivity index (χ1) is 10.2. The van der Waals surface area contributed by atoms with E-state index in [9.17, 15) is 0 Å². The van der Waals surface area contributed by atoms with Crippen molar-refractivity contribution in [3.8, 4) is 5.82 Å². The maximum absolute atomic E-state index is 4.79. The van der Waals surface area contributed by atoms with Crippen LogP contribution in [-0.4, -0.2) is 20.0 Å². The molecule has 0 bridgehead atoms. The normalized spacial score (nSPS) is 11.3. The van der Waals surface area contributed by atoms with E-state index in [0.29, 0.717) is 0 Å². The first-order valence-electron chi connectivity index (χ1n) is 6.92. The van der Waals surface area contributed by atoms with Crippen LogP contribution in [0.3, 0.4) is 0 Å². The molecule has 0 aliphatic carbocycles. The summed E-state index contributed by atoms with van der Waals surface area (Å²) in [6.07, 6.45) is 0. The van der Waals surface area contributed by atoms with Crippen LogP contribution in [0.4, 0.5) is 0 Å². The fourth-order valence-electron chi connectivity index (χ4n) is 2.69. The number of hydrogen-bond donors (Lipinski definition) is 0. The topological polar surface area (TPSA) is 43.6 Å². The zero-order valence-electron chi connectivity index (χ0n) is 11.9. The van der Waals surface area contributed by atoms with E-state index in [4.69, 9.17) is 4.98 Å². The molecule has 0 atom stereocenters. The average molecular weight is 274 g/mol. The van der Waals surface area contributed by atoms with Crippen LogP contribution in [0, 0.1) is 13.8 Å². The summed E-state index contributed by atoms with van der Waals surface area (Å²) in [5, 5.41) is 9.63. The van der Waals surface area contributed by atoms with Crippen molar-refractivity contribution >= 4 is 21.9 Å². The van der Waals surface area contributed by atoms with Crippen molar-refractivity contribution in [1.82, 2.24) is 20.0 Å². The average Bonchev–Trinajstić information content (AvgIpc) is 2.92. The van der Waals surface area contributed by atoms with Gasteiger partial charge in [-0.15, -0.1) is 5.10 Å². The Morgan fingerprint density at radius 1 is 0.905 bits per heavy atom. The number of benzene rings is 2. The Labute approximate surface area is 122 Å². The molecule has 0 fully saturated rings. The lowest BCUT2D eigenvalue weighted by Gasteiger charge is -2.08. The molecule has 4 nitrogen and oxygen atoms in total. The highest BCUT2D eigenvalue weighted by Crippen LogP contribution is 2.23. The van der Waals surface area contributed by atoms with E-state index in [0.717, 1.165) is 22.4 Å². The highest BCUT2D eigenvalue weighted by atomic mass is 15.4. The minimum atomic E-state index is 0.808. The number of para-hydroxylation sites is 2. The van der Waals surface area contributed by atoms with Crippen molar-refractivity contribution in [3.05, 3.63) is 59.7 Å². The summed E-state index contributed by atoms with van der Waals surface area (Å²) in [6, 6.07) is 16.2. The van der Waals surface area contributed by atoms with Gasteiger partial charge in [-0.25, -0.2) is 4.98 Å². The molecule has 0 N–H and O–H groups in total. The largest absolute Gasteiger partial charge is 0.228 e. The lowest BCUT2D eigenvalue weighted by atomic mass is 10.1. The summed E-state index contributed by atoms with van der Waals surface area (Å²) in [4.78, 5) is 4.79. The first-order valence-corrected chi connectivity index (χ1v) is 6.92. The van der Waals surface area contributed by atoms with Gasteiger partial charge in [0, 0.05) is 5.39 Å². The molecule has 2 aromatic carbocycles. The molecule has 2 heterocycles. The fraction of sp³-hybridized carbons (Fsp3) is 0.118. The van der Waals surface area contributed by atoms with Crippen molar-refractivity contribution in [1.29, 1.82) is 0 Å². The molecule has 0 saturated heterocycles. The Bertz CT molecular complexity index is 969. The van der Waals surface area contributed by atoms with Gasteiger partial charge in [0.1, 0.15) is 5.52 Å². The maximum atomic E-state index is 4.79. The molecule has 0 aliphatic rings. The molecule has 102 valence electrons. The number of hydrogen-bond acceptors (Lipinski definition) is 3. The summed E-state index contributed by atoms with van der Waals surface area (Å²) >= 11 is 0. The van der Waals surface area contributed by atoms with E-state index in [2.05, 4.69) is 48.4 Å². The van der Waals surface area contributed by atoms with Crippen LogP contribution in [-0.2, 0) is 0 Å². The second-order valence-corrected chi connectivity index (χ2v) is 5.26. The van der Waals surface area contributed by atoms with E-state index in [1.165, 1.54) is 16.5 Å². The minimum Gasteiger partial charge on any atom is -0.228 e. The van der Waals surface area contributed by atoms with Crippen LogP contribution in [0.5, 0.6) is 0 Å². The third-order valence-electron chi connectivity index (χ3n) is 3.80. The van der Waals surface area contributed by atoms with Gasteiger partial charge >= 0.3 is 0 Å². The van der Waals surface area contributed by atoms with Crippen LogP contribution >= 0.6 is 0 Å². The van der Waals surface area contributed by atoms with E-state index in [-0.39, 0.29) is 0 Å². The monoisotopic (exact) mass is 274 g/mol. The number of nitrogens with zero attached hydrogens (tertiary/aromatic N) is 4. The molecular weight excluding hydrogens is 260 g/mol. The lowest BCUT2D eigenvalue weighted by molar-refractivity contribution is 0.804. The lowest BCUT2D eigenvalue weighted by Crippen LogP contribution is -2.01. The maximum Gasteiger partial charge on any atom is 0.156 e.